The SMILES string of the molecule is CC(C)(C)NCc1cc(-c2ccc(Cl)cc2)cc(-c2ccc(Cl)cc2)c1O.Cl. The third-order valence-corrected chi connectivity index (χ3v) is 4.83. The van der Waals surface area contributed by atoms with Crippen molar-refractivity contribution in [1.82, 2.24) is 5.32 Å². The molecule has 2 N–H and O–H groups in total. The zero-order valence-electron chi connectivity index (χ0n) is 16.1. The van der Waals surface area contributed by atoms with Crippen molar-refractivity contribution < 1.29 is 5.11 Å². The van der Waals surface area contributed by atoms with Crippen LogP contribution in [0.2, 0.25) is 10.0 Å². The lowest BCUT2D eigenvalue weighted by molar-refractivity contribution is 0.412. The van der Waals surface area contributed by atoms with Gasteiger partial charge in [-0.2, -0.15) is 0 Å². The van der Waals surface area contributed by atoms with E-state index in [9.17, 15) is 5.11 Å². The van der Waals surface area contributed by atoms with Gasteiger partial charge in [0.15, 0.2) is 0 Å². The van der Waals surface area contributed by atoms with Crippen molar-refractivity contribution in [3.8, 4) is 28.0 Å². The zero-order valence-corrected chi connectivity index (χ0v) is 18.4. The summed E-state index contributed by atoms with van der Waals surface area (Å²) in [7, 11) is 0. The Kier molecular flexibility index (Phi) is 7.41. The molecule has 0 unspecified atom stereocenters. The van der Waals surface area contributed by atoms with E-state index >= 15 is 0 Å². The fourth-order valence-corrected chi connectivity index (χ4v) is 3.10. The molecule has 3 aromatic rings. The van der Waals surface area contributed by atoms with Crippen molar-refractivity contribution in [1.29, 1.82) is 0 Å². The standard InChI is InChI=1S/C23H23Cl2NO.ClH/c1-23(2,3)26-14-18-12-17(15-4-8-19(24)9-5-15)13-21(22(18)27)16-6-10-20(25)11-7-16;/h4-13,26-27H,14H2,1-3H3;1H. The number of nitrogens with one attached hydrogen (secondary N) is 1. The molecule has 0 saturated heterocycles. The maximum absolute atomic E-state index is 10.9. The molecule has 0 heterocycles. The van der Waals surface area contributed by atoms with Gasteiger partial charge in [-0.15, -0.1) is 12.4 Å². The number of benzene rings is 3. The predicted octanol–water partition coefficient (Wildman–Crippen LogP) is 7.34. The third-order valence-electron chi connectivity index (χ3n) is 4.33. The van der Waals surface area contributed by atoms with Crippen LogP contribution in [0.5, 0.6) is 5.75 Å². The Morgan fingerprint density at radius 2 is 1.29 bits per heavy atom. The van der Waals surface area contributed by atoms with Crippen molar-refractivity contribution in [2.75, 3.05) is 0 Å². The predicted molar refractivity (Wildman–Crippen MR) is 123 cm³/mol. The average Bonchev–Trinajstić information content (AvgIpc) is 2.62. The van der Waals surface area contributed by atoms with Gasteiger partial charge in [0.2, 0.25) is 0 Å². The lowest BCUT2D eigenvalue weighted by Crippen LogP contribution is -2.35. The molecule has 0 atom stereocenters. The summed E-state index contributed by atoms with van der Waals surface area (Å²) in [6.07, 6.45) is 0. The summed E-state index contributed by atoms with van der Waals surface area (Å²) in [4.78, 5) is 0. The van der Waals surface area contributed by atoms with Crippen molar-refractivity contribution in [2.45, 2.75) is 32.9 Å². The number of phenolic OH excluding ortho intramolecular Hbond substituents is 1. The van der Waals surface area contributed by atoms with Crippen LogP contribution in [0.15, 0.2) is 60.7 Å². The number of rotatable bonds is 4. The van der Waals surface area contributed by atoms with E-state index in [1.54, 1.807) is 0 Å². The Hall–Kier alpha value is -1.71. The van der Waals surface area contributed by atoms with Gasteiger partial charge in [-0.05, 0) is 73.9 Å². The Labute approximate surface area is 182 Å². The van der Waals surface area contributed by atoms with Gasteiger partial charge in [-0.1, -0.05) is 47.5 Å². The van der Waals surface area contributed by atoms with Crippen LogP contribution >= 0.6 is 35.6 Å². The van der Waals surface area contributed by atoms with Crippen LogP contribution in [0.4, 0.5) is 0 Å². The van der Waals surface area contributed by atoms with Crippen LogP contribution in [0.1, 0.15) is 26.3 Å². The quantitative estimate of drug-likeness (QED) is 0.448. The van der Waals surface area contributed by atoms with Crippen molar-refractivity contribution in [3.05, 3.63) is 76.3 Å². The van der Waals surface area contributed by atoms with E-state index in [0.29, 0.717) is 16.6 Å². The number of aromatic hydroxyl groups is 1. The fourth-order valence-electron chi connectivity index (χ4n) is 2.85. The lowest BCUT2D eigenvalue weighted by atomic mass is 9.94. The molecule has 3 aromatic carbocycles. The second-order valence-corrected chi connectivity index (χ2v) is 8.52. The van der Waals surface area contributed by atoms with Crippen LogP contribution < -0.4 is 5.32 Å². The average molecular weight is 437 g/mol. The molecule has 0 aliphatic rings. The fraction of sp³-hybridized carbons (Fsp3) is 0.217. The summed E-state index contributed by atoms with van der Waals surface area (Å²) in [5.74, 6) is 0.284. The van der Waals surface area contributed by atoms with Gasteiger partial charge in [0.25, 0.3) is 0 Å². The van der Waals surface area contributed by atoms with Crippen LogP contribution in [-0.4, -0.2) is 10.6 Å². The molecule has 0 amide bonds. The van der Waals surface area contributed by atoms with Crippen molar-refractivity contribution in [3.63, 3.8) is 0 Å². The second-order valence-electron chi connectivity index (χ2n) is 7.65. The van der Waals surface area contributed by atoms with E-state index in [1.165, 1.54) is 0 Å². The molecule has 0 spiro atoms. The second kappa shape index (κ2) is 9.19. The lowest BCUT2D eigenvalue weighted by Gasteiger charge is -2.22. The van der Waals surface area contributed by atoms with Crippen LogP contribution in [0.25, 0.3) is 22.3 Å². The Morgan fingerprint density at radius 1 is 0.786 bits per heavy atom. The molecule has 5 heteroatoms. The third kappa shape index (κ3) is 5.65. The highest BCUT2D eigenvalue weighted by Gasteiger charge is 2.16. The molecular weight excluding hydrogens is 413 g/mol. The molecule has 148 valence electrons. The maximum Gasteiger partial charge on any atom is 0.127 e. The number of hydrogen-bond acceptors (Lipinski definition) is 2. The van der Waals surface area contributed by atoms with Gasteiger partial charge in [-0.3, -0.25) is 0 Å². The smallest absolute Gasteiger partial charge is 0.127 e. The van der Waals surface area contributed by atoms with Gasteiger partial charge in [0, 0.05) is 33.3 Å². The summed E-state index contributed by atoms with van der Waals surface area (Å²) in [6.45, 7) is 6.88. The first-order chi connectivity index (χ1) is 12.7. The van der Waals surface area contributed by atoms with E-state index in [2.05, 4.69) is 26.1 Å². The first-order valence-corrected chi connectivity index (χ1v) is 9.61. The van der Waals surface area contributed by atoms with Crippen LogP contribution in [0, 0.1) is 0 Å². The van der Waals surface area contributed by atoms with Gasteiger partial charge >= 0.3 is 0 Å². The molecule has 3 rings (SSSR count). The molecule has 0 saturated carbocycles. The van der Waals surface area contributed by atoms with E-state index in [0.717, 1.165) is 27.8 Å². The molecule has 0 aliphatic heterocycles. The van der Waals surface area contributed by atoms with Gasteiger partial charge in [0.1, 0.15) is 5.75 Å². The Bertz CT molecular complexity index is 930. The molecule has 0 fully saturated rings. The highest BCUT2D eigenvalue weighted by atomic mass is 35.5. The van der Waals surface area contributed by atoms with Crippen LogP contribution in [0.3, 0.4) is 0 Å². The van der Waals surface area contributed by atoms with Gasteiger partial charge in [0.05, 0.1) is 0 Å². The van der Waals surface area contributed by atoms with E-state index < -0.39 is 0 Å². The molecule has 28 heavy (non-hydrogen) atoms. The minimum Gasteiger partial charge on any atom is -0.507 e. The first-order valence-electron chi connectivity index (χ1n) is 8.86. The monoisotopic (exact) mass is 435 g/mol. The summed E-state index contributed by atoms with van der Waals surface area (Å²) >= 11 is 12.1. The Morgan fingerprint density at radius 3 is 1.79 bits per heavy atom. The minimum atomic E-state index is -0.0524. The number of halogens is 3. The topological polar surface area (TPSA) is 32.3 Å². The number of phenols is 1. The Balaban J connectivity index is 0.00000280. The summed E-state index contributed by atoms with van der Waals surface area (Å²) in [5.41, 5.74) is 4.58. The summed E-state index contributed by atoms with van der Waals surface area (Å²) < 4.78 is 0. The molecule has 0 radical (unpaired) electrons. The highest BCUT2D eigenvalue weighted by Crippen LogP contribution is 2.37. The molecule has 0 aliphatic carbocycles. The van der Waals surface area contributed by atoms with Crippen LogP contribution in [-0.2, 0) is 6.54 Å². The van der Waals surface area contributed by atoms with E-state index in [-0.39, 0.29) is 23.7 Å². The van der Waals surface area contributed by atoms with Gasteiger partial charge in [-0.25, -0.2) is 0 Å². The van der Waals surface area contributed by atoms with Crippen molar-refractivity contribution >= 4 is 35.6 Å². The zero-order chi connectivity index (χ0) is 19.6. The maximum atomic E-state index is 10.9. The minimum absolute atomic E-state index is 0. The summed E-state index contributed by atoms with van der Waals surface area (Å²) in [6, 6.07) is 19.3. The highest BCUT2D eigenvalue weighted by molar-refractivity contribution is 6.30. The molecule has 2 nitrogen and oxygen atoms in total. The van der Waals surface area contributed by atoms with Crippen molar-refractivity contribution in [2.24, 2.45) is 0 Å². The van der Waals surface area contributed by atoms with E-state index in [1.807, 2.05) is 60.7 Å². The largest absolute Gasteiger partial charge is 0.507 e. The summed E-state index contributed by atoms with van der Waals surface area (Å²) in [5, 5.41) is 15.7. The van der Waals surface area contributed by atoms with Gasteiger partial charge < -0.3 is 10.4 Å². The first kappa shape index (κ1) is 22.6. The molecule has 0 aromatic heterocycles. The van der Waals surface area contributed by atoms with E-state index in [4.69, 9.17) is 23.2 Å². The number of hydrogen-bond donors (Lipinski definition) is 2. The molecular formula is C23H24Cl3NO. The normalized spacial score (nSPS) is 11.2. The molecule has 0 bridgehead atoms.